The van der Waals surface area contributed by atoms with Crippen LogP contribution in [0.15, 0.2) is 66.2 Å². The lowest BCUT2D eigenvalue weighted by atomic mass is 9.94. The van der Waals surface area contributed by atoms with Crippen LogP contribution >= 0.6 is 23.2 Å². The zero-order valence-electron chi connectivity index (χ0n) is 18.0. The second-order valence-electron chi connectivity index (χ2n) is 7.36. The van der Waals surface area contributed by atoms with Gasteiger partial charge in [0.2, 0.25) is 0 Å². The molecule has 4 rings (SSSR count). The number of anilines is 1. The molecule has 9 heteroatoms. The van der Waals surface area contributed by atoms with Gasteiger partial charge in [-0.25, -0.2) is 4.39 Å². The van der Waals surface area contributed by atoms with E-state index in [1.165, 1.54) is 38.5 Å². The third kappa shape index (κ3) is 3.97. The number of Topliss-reactive ketones (excluding diaryl/α,β-unsaturated/α-hetero) is 1. The van der Waals surface area contributed by atoms with Gasteiger partial charge in [-0.15, -0.1) is 0 Å². The summed E-state index contributed by atoms with van der Waals surface area (Å²) in [5.41, 5.74) is 0.478. The summed E-state index contributed by atoms with van der Waals surface area (Å²) in [6, 6.07) is 13.8. The molecule has 1 heterocycles. The number of amides is 1. The minimum absolute atomic E-state index is 0.107. The minimum Gasteiger partial charge on any atom is -0.507 e. The number of nitrogens with zero attached hydrogens (tertiary/aromatic N) is 1. The predicted octanol–water partition coefficient (Wildman–Crippen LogP) is 5.78. The molecule has 1 N–H and O–H groups in total. The van der Waals surface area contributed by atoms with Crippen LogP contribution in [0.4, 0.5) is 10.1 Å². The van der Waals surface area contributed by atoms with Gasteiger partial charge in [0.15, 0.2) is 0 Å². The van der Waals surface area contributed by atoms with E-state index in [1.54, 1.807) is 30.3 Å². The van der Waals surface area contributed by atoms with Gasteiger partial charge in [-0.2, -0.15) is 0 Å². The second kappa shape index (κ2) is 9.37. The van der Waals surface area contributed by atoms with Crippen molar-refractivity contribution in [2.24, 2.45) is 0 Å². The number of para-hydroxylation sites is 1. The highest BCUT2D eigenvalue weighted by atomic mass is 35.5. The van der Waals surface area contributed by atoms with Crippen LogP contribution in [0.25, 0.3) is 5.76 Å². The van der Waals surface area contributed by atoms with E-state index in [0.29, 0.717) is 17.1 Å². The molecular formula is C25H18Cl2FNO5. The Morgan fingerprint density at radius 3 is 2.38 bits per heavy atom. The number of carbonyl (C=O) groups excluding carboxylic acids is 2. The van der Waals surface area contributed by atoms with Crippen LogP contribution in [-0.4, -0.2) is 31.0 Å². The Hall–Kier alpha value is -3.55. The number of ketones is 1. The molecule has 0 saturated carbocycles. The summed E-state index contributed by atoms with van der Waals surface area (Å²) in [7, 11) is 2.89. The van der Waals surface area contributed by atoms with Crippen LogP contribution in [0.5, 0.6) is 11.5 Å². The average Bonchev–Trinajstić information content (AvgIpc) is 3.11. The first-order valence-electron chi connectivity index (χ1n) is 10.0. The maximum absolute atomic E-state index is 13.8. The average molecular weight is 502 g/mol. The molecule has 6 nitrogen and oxygen atoms in total. The highest BCUT2D eigenvalue weighted by Crippen LogP contribution is 2.46. The zero-order chi connectivity index (χ0) is 24.6. The smallest absolute Gasteiger partial charge is 0.300 e. The first-order chi connectivity index (χ1) is 16.3. The standard InChI is InChI=1S/C25H18Cl2FNO5/c1-33-14-8-9-17(26)16(12-14)23(30)21-22(15-5-3-4-6-20(15)34-2)29(25(32)24(21)31)13-7-10-19(28)18(27)11-13/h3-12,22,30H,1-2H3/b23-21+. The van der Waals surface area contributed by atoms with Crippen molar-refractivity contribution in [3.8, 4) is 11.5 Å². The Kier molecular flexibility index (Phi) is 6.50. The van der Waals surface area contributed by atoms with Crippen LogP contribution in [0.1, 0.15) is 17.2 Å². The Morgan fingerprint density at radius 1 is 0.971 bits per heavy atom. The van der Waals surface area contributed by atoms with Crippen LogP contribution in [-0.2, 0) is 9.59 Å². The summed E-state index contributed by atoms with van der Waals surface area (Å²) in [5, 5.41) is 11.2. The Bertz CT molecular complexity index is 1340. The summed E-state index contributed by atoms with van der Waals surface area (Å²) in [5.74, 6) is -2.30. The van der Waals surface area contributed by atoms with E-state index in [1.807, 2.05) is 0 Å². The van der Waals surface area contributed by atoms with Crippen molar-refractivity contribution in [1.82, 2.24) is 0 Å². The van der Waals surface area contributed by atoms with Gasteiger partial charge in [-0.05, 0) is 42.5 Å². The fourth-order valence-electron chi connectivity index (χ4n) is 3.88. The fourth-order valence-corrected chi connectivity index (χ4v) is 4.26. The number of hydrogen-bond donors (Lipinski definition) is 1. The molecule has 1 amide bonds. The van der Waals surface area contributed by atoms with Gasteiger partial charge in [0.25, 0.3) is 11.7 Å². The topological polar surface area (TPSA) is 76.1 Å². The molecule has 1 atom stereocenters. The molecule has 174 valence electrons. The number of ether oxygens (including phenoxy) is 2. The molecule has 1 aliphatic heterocycles. The van der Waals surface area contributed by atoms with Crippen molar-refractivity contribution >= 4 is 46.3 Å². The van der Waals surface area contributed by atoms with E-state index in [9.17, 15) is 19.1 Å². The van der Waals surface area contributed by atoms with Gasteiger partial charge in [0.1, 0.15) is 23.1 Å². The monoisotopic (exact) mass is 501 g/mol. The number of aliphatic hydroxyl groups is 1. The number of rotatable bonds is 5. The first kappa shape index (κ1) is 23.6. The predicted molar refractivity (Wildman–Crippen MR) is 127 cm³/mol. The van der Waals surface area contributed by atoms with Crippen molar-refractivity contribution in [1.29, 1.82) is 0 Å². The van der Waals surface area contributed by atoms with E-state index in [0.717, 1.165) is 11.0 Å². The number of aliphatic hydroxyl groups excluding tert-OH is 1. The second-order valence-corrected chi connectivity index (χ2v) is 8.17. The quantitative estimate of drug-likeness (QED) is 0.272. The van der Waals surface area contributed by atoms with Crippen molar-refractivity contribution < 1.29 is 28.6 Å². The van der Waals surface area contributed by atoms with E-state index in [4.69, 9.17) is 32.7 Å². The van der Waals surface area contributed by atoms with Gasteiger partial charge in [-0.3, -0.25) is 14.5 Å². The van der Waals surface area contributed by atoms with Crippen molar-refractivity contribution in [3.05, 3.63) is 93.2 Å². The Balaban J connectivity index is 2.02. The molecule has 0 aromatic heterocycles. The molecule has 0 spiro atoms. The molecule has 1 fully saturated rings. The Morgan fingerprint density at radius 2 is 1.71 bits per heavy atom. The summed E-state index contributed by atoms with van der Waals surface area (Å²) in [6.07, 6.45) is 0. The van der Waals surface area contributed by atoms with Gasteiger partial charge >= 0.3 is 0 Å². The van der Waals surface area contributed by atoms with Crippen LogP contribution in [0.3, 0.4) is 0 Å². The minimum atomic E-state index is -1.11. The molecule has 3 aromatic carbocycles. The number of benzene rings is 3. The number of methoxy groups -OCH3 is 2. The van der Waals surface area contributed by atoms with Crippen molar-refractivity contribution in [3.63, 3.8) is 0 Å². The van der Waals surface area contributed by atoms with Gasteiger partial charge in [-0.1, -0.05) is 41.4 Å². The van der Waals surface area contributed by atoms with Crippen LogP contribution in [0.2, 0.25) is 10.0 Å². The third-order valence-electron chi connectivity index (χ3n) is 5.49. The van der Waals surface area contributed by atoms with Gasteiger partial charge in [0.05, 0.1) is 35.9 Å². The maximum atomic E-state index is 13.8. The van der Waals surface area contributed by atoms with Gasteiger partial charge in [0, 0.05) is 16.8 Å². The summed E-state index contributed by atoms with van der Waals surface area (Å²) < 4.78 is 24.5. The molecule has 0 bridgehead atoms. The van der Waals surface area contributed by atoms with E-state index in [2.05, 4.69) is 0 Å². The van der Waals surface area contributed by atoms with E-state index < -0.39 is 29.3 Å². The molecule has 1 saturated heterocycles. The SMILES string of the molecule is COc1ccc(Cl)c(/C(O)=C2\C(=O)C(=O)N(c3ccc(F)c(Cl)c3)C2c2ccccc2OC)c1. The van der Waals surface area contributed by atoms with Crippen molar-refractivity contribution in [2.75, 3.05) is 19.1 Å². The van der Waals surface area contributed by atoms with E-state index in [-0.39, 0.29) is 26.9 Å². The van der Waals surface area contributed by atoms with Crippen molar-refractivity contribution in [2.45, 2.75) is 6.04 Å². The maximum Gasteiger partial charge on any atom is 0.300 e. The van der Waals surface area contributed by atoms with Crippen LogP contribution in [0, 0.1) is 5.82 Å². The summed E-state index contributed by atoms with van der Waals surface area (Å²) in [6.45, 7) is 0. The first-order valence-corrected chi connectivity index (χ1v) is 10.8. The number of carbonyl (C=O) groups is 2. The lowest BCUT2D eigenvalue weighted by Gasteiger charge is -2.27. The van der Waals surface area contributed by atoms with Crippen LogP contribution < -0.4 is 14.4 Å². The molecular weight excluding hydrogens is 484 g/mol. The number of hydrogen-bond acceptors (Lipinski definition) is 5. The lowest BCUT2D eigenvalue weighted by molar-refractivity contribution is -0.132. The van der Waals surface area contributed by atoms with E-state index >= 15 is 0 Å². The molecule has 0 aliphatic carbocycles. The largest absolute Gasteiger partial charge is 0.507 e. The number of halogens is 3. The molecule has 3 aromatic rings. The van der Waals surface area contributed by atoms with Gasteiger partial charge < -0.3 is 14.6 Å². The zero-order valence-corrected chi connectivity index (χ0v) is 19.5. The molecule has 1 aliphatic rings. The Labute approximate surface area is 204 Å². The molecule has 34 heavy (non-hydrogen) atoms. The lowest BCUT2D eigenvalue weighted by Crippen LogP contribution is -2.29. The summed E-state index contributed by atoms with van der Waals surface area (Å²) in [4.78, 5) is 27.7. The molecule has 0 radical (unpaired) electrons. The highest BCUT2D eigenvalue weighted by Gasteiger charge is 2.48. The normalized spacial score (nSPS) is 17.2. The molecule has 1 unspecified atom stereocenters. The highest BCUT2D eigenvalue weighted by molar-refractivity contribution is 6.52. The third-order valence-corrected chi connectivity index (χ3v) is 6.11. The fraction of sp³-hybridized carbons (Fsp3) is 0.120. The summed E-state index contributed by atoms with van der Waals surface area (Å²) >= 11 is 12.3.